The van der Waals surface area contributed by atoms with Gasteiger partial charge in [0.05, 0.1) is 15.9 Å². The molecule has 101 valence electrons. The summed E-state index contributed by atoms with van der Waals surface area (Å²) >= 11 is 0. The predicted octanol–water partition coefficient (Wildman–Crippen LogP) is 3.48. The summed E-state index contributed by atoms with van der Waals surface area (Å²) in [5.74, 6) is 0.326. The molecule has 0 aliphatic carbocycles. The molecule has 0 aliphatic rings. The van der Waals surface area contributed by atoms with E-state index in [1.807, 2.05) is 0 Å². The number of hydrogen-bond donors (Lipinski definition) is 0. The van der Waals surface area contributed by atoms with E-state index in [4.69, 9.17) is 4.74 Å². The van der Waals surface area contributed by atoms with E-state index < -0.39 is 15.5 Å². The molecule has 0 spiro atoms. The van der Waals surface area contributed by atoms with Gasteiger partial charge in [0.15, 0.2) is 0 Å². The predicted molar refractivity (Wildman–Crippen MR) is 70.7 cm³/mol. The van der Waals surface area contributed by atoms with Crippen molar-refractivity contribution in [3.05, 3.63) is 75.2 Å². The van der Waals surface area contributed by atoms with Gasteiger partial charge >= 0.3 is 5.69 Å². The van der Waals surface area contributed by atoms with Gasteiger partial charge in [0.1, 0.15) is 5.75 Å². The SMILES string of the molecule is [CH2]c1ccc(Oc2ccc([N+](=O)[O-])cc2[N+](=O)[O-])cc1. The smallest absolute Gasteiger partial charge is 0.318 e. The molecule has 0 unspecified atom stereocenters. The summed E-state index contributed by atoms with van der Waals surface area (Å²) < 4.78 is 5.37. The van der Waals surface area contributed by atoms with Crippen molar-refractivity contribution in [2.75, 3.05) is 0 Å². The Labute approximate surface area is 113 Å². The van der Waals surface area contributed by atoms with Gasteiger partial charge in [-0.25, -0.2) is 0 Å². The minimum atomic E-state index is -0.724. The first-order valence-electron chi connectivity index (χ1n) is 5.50. The lowest BCUT2D eigenvalue weighted by atomic mass is 10.2. The Morgan fingerprint density at radius 3 is 2.15 bits per heavy atom. The average molecular weight is 273 g/mol. The summed E-state index contributed by atoms with van der Waals surface area (Å²) in [7, 11) is 0. The van der Waals surface area contributed by atoms with Crippen molar-refractivity contribution in [3.8, 4) is 11.5 Å². The number of ether oxygens (including phenoxy) is 1. The van der Waals surface area contributed by atoms with Crippen molar-refractivity contribution in [3.63, 3.8) is 0 Å². The molecule has 20 heavy (non-hydrogen) atoms. The highest BCUT2D eigenvalue weighted by atomic mass is 16.6. The average Bonchev–Trinajstić information content (AvgIpc) is 2.41. The molecule has 0 heterocycles. The molecule has 0 amide bonds. The van der Waals surface area contributed by atoms with Crippen LogP contribution in [0, 0.1) is 27.2 Å². The number of nitrogens with zero attached hydrogens (tertiary/aromatic N) is 2. The standard InChI is InChI=1S/C13H9N2O5/c1-9-2-5-11(6-3-9)20-13-7-4-10(14(16)17)8-12(13)15(18)19/h2-8H,1H2. The second kappa shape index (κ2) is 5.35. The van der Waals surface area contributed by atoms with E-state index in [9.17, 15) is 20.2 Å². The highest BCUT2D eigenvalue weighted by Crippen LogP contribution is 2.34. The van der Waals surface area contributed by atoms with Crippen molar-refractivity contribution < 1.29 is 14.6 Å². The fourth-order valence-electron chi connectivity index (χ4n) is 1.53. The molecule has 2 rings (SSSR count). The van der Waals surface area contributed by atoms with Gasteiger partial charge < -0.3 is 4.74 Å². The van der Waals surface area contributed by atoms with Gasteiger partial charge in [-0.05, 0) is 30.7 Å². The molecular formula is C13H9N2O5. The van der Waals surface area contributed by atoms with E-state index in [0.717, 1.165) is 17.7 Å². The van der Waals surface area contributed by atoms with Gasteiger partial charge in [0.25, 0.3) is 5.69 Å². The Kier molecular flexibility index (Phi) is 3.60. The maximum atomic E-state index is 10.9. The molecule has 0 aliphatic heterocycles. The maximum Gasteiger partial charge on any atom is 0.318 e. The molecule has 0 N–H and O–H groups in total. The number of nitro groups is 2. The monoisotopic (exact) mass is 273 g/mol. The fraction of sp³-hybridized carbons (Fsp3) is 0. The lowest BCUT2D eigenvalue weighted by Gasteiger charge is -2.06. The summed E-state index contributed by atoms with van der Waals surface area (Å²) in [5, 5.41) is 21.6. The van der Waals surface area contributed by atoms with E-state index in [1.54, 1.807) is 24.3 Å². The lowest BCUT2D eigenvalue weighted by molar-refractivity contribution is -0.394. The minimum absolute atomic E-state index is 0.0580. The van der Waals surface area contributed by atoms with Gasteiger partial charge in [0.2, 0.25) is 5.75 Å². The largest absolute Gasteiger partial charge is 0.450 e. The van der Waals surface area contributed by atoms with Gasteiger partial charge in [-0.2, -0.15) is 0 Å². The Hall–Kier alpha value is -2.96. The van der Waals surface area contributed by atoms with Crippen LogP contribution in [0.4, 0.5) is 11.4 Å². The third-order valence-electron chi connectivity index (χ3n) is 2.50. The first kappa shape index (κ1) is 13.5. The molecular weight excluding hydrogens is 264 g/mol. The van der Waals surface area contributed by atoms with Crippen LogP contribution in [0.2, 0.25) is 0 Å². The van der Waals surface area contributed by atoms with Crippen LogP contribution in [-0.4, -0.2) is 9.85 Å². The van der Waals surface area contributed by atoms with Crippen molar-refractivity contribution in [2.24, 2.45) is 0 Å². The lowest BCUT2D eigenvalue weighted by Crippen LogP contribution is -1.96. The van der Waals surface area contributed by atoms with Gasteiger partial charge in [0, 0.05) is 6.07 Å². The topological polar surface area (TPSA) is 95.5 Å². The van der Waals surface area contributed by atoms with Crippen molar-refractivity contribution >= 4 is 11.4 Å². The minimum Gasteiger partial charge on any atom is -0.450 e. The van der Waals surface area contributed by atoms with Crippen LogP contribution in [0.25, 0.3) is 0 Å². The molecule has 2 aromatic rings. The first-order valence-corrected chi connectivity index (χ1v) is 5.50. The number of nitro benzene ring substituents is 2. The Bertz CT molecular complexity index is 667. The quantitative estimate of drug-likeness (QED) is 0.627. The molecule has 0 atom stereocenters. The Morgan fingerprint density at radius 1 is 0.950 bits per heavy atom. The van der Waals surface area contributed by atoms with Crippen LogP contribution in [0.1, 0.15) is 5.56 Å². The zero-order chi connectivity index (χ0) is 14.7. The number of hydrogen-bond acceptors (Lipinski definition) is 5. The summed E-state index contributed by atoms with van der Waals surface area (Å²) in [6.45, 7) is 3.71. The van der Waals surface area contributed by atoms with E-state index >= 15 is 0 Å². The van der Waals surface area contributed by atoms with E-state index in [1.165, 1.54) is 6.07 Å². The third-order valence-corrected chi connectivity index (χ3v) is 2.50. The number of benzene rings is 2. The molecule has 0 fully saturated rings. The highest BCUT2D eigenvalue weighted by Gasteiger charge is 2.21. The van der Waals surface area contributed by atoms with E-state index in [0.29, 0.717) is 5.75 Å². The maximum absolute atomic E-state index is 10.9. The fourth-order valence-corrected chi connectivity index (χ4v) is 1.53. The molecule has 7 nitrogen and oxygen atoms in total. The van der Waals surface area contributed by atoms with Gasteiger partial charge in [-0.1, -0.05) is 12.1 Å². The molecule has 1 radical (unpaired) electrons. The molecule has 0 aromatic heterocycles. The normalized spacial score (nSPS) is 10.1. The molecule has 7 heteroatoms. The van der Waals surface area contributed by atoms with Crippen LogP contribution in [0.5, 0.6) is 11.5 Å². The van der Waals surface area contributed by atoms with Crippen LogP contribution < -0.4 is 4.74 Å². The third kappa shape index (κ3) is 2.89. The molecule has 0 saturated heterocycles. The van der Waals surface area contributed by atoms with E-state index in [2.05, 4.69) is 6.92 Å². The Morgan fingerprint density at radius 2 is 1.60 bits per heavy atom. The summed E-state index contributed by atoms with van der Waals surface area (Å²) in [6.07, 6.45) is 0. The van der Waals surface area contributed by atoms with Crippen LogP contribution in [0.3, 0.4) is 0 Å². The summed E-state index contributed by atoms with van der Waals surface area (Å²) in [5.41, 5.74) is -0.0504. The second-order valence-corrected chi connectivity index (χ2v) is 3.91. The number of non-ortho nitro benzene ring substituents is 1. The van der Waals surface area contributed by atoms with Crippen LogP contribution in [-0.2, 0) is 0 Å². The van der Waals surface area contributed by atoms with Crippen LogP contribution in [0.15, 0.2) is 42.5 Å². The highest BCUT2D eigenvalue weighted by molar-refractivity contribution is 5.54. The van der Waals surface area contributed by atoms with Crippen molar-refractivity contribution in [2.45, 2.75) is 0 Å². The molecule has 0 saturated carbocycles. The van der Waals surface area contributed by atoms with E-state index in [-0.39, 0.29) is 11.4 Å². The zero-order valence-electron chi connectivity index (χ0n) is 10.2. The van der Waals surface area contributed by atoms with Gasteiger partial charge in [-0.3, -0.25) is 20.2 Å². The summed E-state index contributed by atoms with van der Waals surface area (Å²) in [6, 6.07) is 9.80. The zero-order valence-corrected chi connectivity index (χ0v) is 10.2. The van der Waals surface area contributed by atoms with Crippen molar-refractivity contribution in [1.29, 1.82) is 0 Å². The second-order valence-electron chi connectivity index (χ2n) is 3.91. The first-order chi connectivity index (χ1) is 9.47. The molecule has 2 aromatic carbocycles. The molecule has 0 bridgehead atoms. The van der Waals surface area contributed by atoms with Crippen molar-refractivity contribution in [1.82, 2.24) is 0 Å². The van der Waals surface area contributed by atoms with Crippen LogP contribution >= 0.6 is 0 Å². The number of rotatable bonds is 4. The Balaban J connectivity index is 2.38. The van der Waals surface area contributed by atoms with Gasteiger partial charge in [-0.15, -0.1) is 0 Å². The summed E-state index contributed by atoms with van der Waals surface area (Å²) in [4.78, 5) is 20.1.